The van der Waals surface area contributed by atoms with Crippen LogP contribution in [0.5, 0.6) is 0 Å². The van der Waals surface area contributed by atoms with Gasteiger partial charge in [0, 0.05) is 44.8 Å². The first-order valence-corrected chi connectivity index (χ1v) is 19.7. The van der Waals surface area contributed by atoms with Crippen molar-refractivity contribution in [1.82, 2.24) is 15.0 Å². The van der Waals surface area contributed by atoms with Gasteiger partial charge in [0.15, 0.2) is 17.5 Å². The number of aryl methyl sites for hydroxylation is 1. The van der Waals surface area contributed by atoms with Gasteiger partial charge in [0.25, 0.3) is 0 Å². The Morgan fingerprint density at radius 3 is 1.97 bits per heavy atom. The van der Waals surface area contributed by atoms with Crippen molar-refractivity contribution in [3.05, 3.63) is 181 Å². The average molecular weight is 744 g/mol. The Balaban J connectivity index is 1.09. The number of para-hydroxylation sites is 2. The predicted octanol–water partition coefficient (Wildman–Crippen LogP) is 14.1. The van der Waals surface area contributed by atoms with Crippen LogP contribution in [0.25, 0.3) is 117 Å². The van der Waals surface area contributed by atoms with Crippen LogP contribution >= 0.6 is 0 Å². The highest BCUT2D eigenvalue weighted by Crippen LogP contribution is 2.45. The molecule has 3 heterocycles. The molecule has 1 aliphatic carbocycles. The molecule has 0 unspecified atom stereocenters. The second kappa shape index (κ2) is 13.0. The number of benzene rings is 8. The summed E-state index contributed by atoms with van der Waals surface area (Å²) in [5.74, 6) is 2.79. The van der Waals surface area contributed by atoms with E-state index in [2.05, 4.69) is 152 Å². The minimum absolute atomic E-state index is 0.556. The molecule has 3 aromatic heterocycles. The van der Waals surface area contributed by atoms with Gasteiger partial charge < -0.3 is 8.83 Å². The molecule has 1 aliphatic rings. The molecule has 0 aliphatic heterocycles. The molecule has 58 heavy (non-hydrogen) atoms. The Labute approximate surface area is 333 Å². The van der Waals surface area contributed by atoms with Crippen molar-refractivity contribution in [3.63, 3.8) is 0 Å². The zero-order valence-electron chi connectivity index (χ0n) is 31.3. The summed E-state index contributed by atoms with van der Waals surface area (Å²) in [5.41, 5.74) is 10.8. The zero-order chi connectivity index (χ0) is 38.2. The number of nitrogens with zero attached hydrogens (tertiary/aromatic N) is 3. The van der Waals surface area contributed by atoms with Crippen molar-refractivity contribution in [2.75, 3.05) is 0 Å². The molecule has 0 amide bonds. The molecule has 8 aromatic carbocycles. The average Bonchev–Trinajstić information content (AvgIpc) is 3.88. The first-order chi connectivity index (χ1) is 28.7. The summed E-state index contributed by atoms with van der Waals surface area (Å²) >= 11 is 0. The summed E-state index contributed by atoms with van der Waals surface area (Å²) in [6.45, 7) is 0. The van der Waals surface area contributed by atoms with E-state index >= 15 is 0 Å². The summed E-state index contributed by atoms with van der Waals surface area (Å²) in [7, 11) is 0. The Bertz CT molecular complexity index is 3470. The molecule has 0 saturated heterocycles. The van der Waals surface area contributed by atoms with Gasteiger partial charge in [-0.25, -0.2) is 15.0 Å². The lowest BCUT2D eigenvalue weighted by atomic mass is 9.89. The van der Waals surface area contributed by atoms with Crippen LogP contribution in [0.4, 0.5) is 0 Å². The summed E-state index contributed by atoms with van der Waals surface area (Å²) in [6.07, 6.45) is 6.36. The number of fused-ring (bicyclic) bond motifs is 8. The first kappa shape index (κ1) is 32.6. The fourth-order valence-corrected chi connectivity index (χ4v) is 8.85. The molecule has 12 rings (SSSR count). The predicted molar refractivity (Wildman–Crippen MR) is 236 cm³/mol. The van der Waals surface area contributed by atoms with E-state index in [0.717, 1.165) is 112 Å². The van der Waals surface area contributed by atoms with Crippen molar-refractivity contribution in [2.24, 2.45) is 0 Å². The highest BCUT2D eigenvalue weighted by atomic mass is 16.3. The number of furan rings is 2. The lowest BCUT2D eigenvalue weighted by Gasteiger charge is -2.15. The van der Waals surface area contributed by atoms with Gasteiger partial charge >= 0.3 is 0 Å². The fourth-order valence-electron chi connectivity index (χ4n) is 8.85. The normalized spacial score (nSPS) is 12.6. The highest BCUT2D eigenvalue weighted by molar-refractivity contribution is 6.13. The van der Waals surface area contributed by atoms with Crippen LogP contribution in [-0.2, 0) is 6.42 Å². The lowest BCUT2D eigenvalue weighted by Crippen LogP contribution is -2.01. The Kier molecular flexibility index (Phi) is 7.29. The highest BCUT2D eigenvalue weighted by Gasteiger charge is 2.24. The largest absolute Gasteiger partial charge is 0.460 e. The molecule has 0 N–H and O–H groups in total. The summed E-state index contributed by atoms with van der Waals surface area (Å²) in [4.78, 5) is 15.7. The Morgan fingerprint density at radius 1 is 0.414 bits per heavy atom. The van der Waals surface area contributed by atoms with E-state index in [1.807, 2.05) is 24.3 Å². The molecule has 0 saturated carbocycles. The topological polar surface area (TPSA) is 65.0 Å². The van der Waals surface area contributed by atoms with E-state index in [-0.39, 0.29) is 0 Å². The maximum Gasteiger partial charge on any atom is 0.167 e. The van der Waals surface area contributed by atoms with E-state index in [1.54, 1.807) is 0 Å². The molecule has 5 heteroatoms. The van der Waals surface area contributed by atoms with E-state index in [9.17, 15) is 0 Å². The Hall–Kier alpha value is -7.63. The fraction of sp³-hybridized carbons (Fsp3) is 0.0377. The maximum atomic E-state index is 6.74. The number of rotatable bonds is 5. The molecule has 0 radical (unpaired) electrons. The molecule has 5 nitrogen and oxygen atoms in total. The van der Waals surface area contributed by atoms with Gasteiger partial charge in [0.2, 0.25) is 0 Å². The van der Waals surface area contributed by atoms with Crippen LogP contribution in [0.15, 0.2) is 179 Å². The summed E-state index contributed by atoms with van der Waals surface area (Å²) in [5, 5.41) is 7.68. The van der Waals surface area contributed by atoms with Gasteiger partial charge in [-0.2, -0.15) is 0 Å². The van der Waals surface area contributed by atoms with E-state index < -0.39 is 0 Å². The molecule has 0 fully saturated rings. The number of aromatic nitrogens is 3. The van der Waals surface area contributed by atoms with Gasteiger partial charge in [-0.05, 0) is 75.0 Å². The van der Waals surface area contributed by atoms with Crippen LogP contribution in [0, 0.1) is 0 Å². The van der Waals surface area contributed by atoms with E-state index in [0.29, 0.717) is 17.5 Å². The molecule has 0 bridgehead atoms. The SMILES string of the molecule is C1=Cc2c(oc3c(-c4ccccc4)ccc(-c4ccc(-c5nc(-c6ccc7ccccc7c6)nc(-c6cccc7c6oc6ccccc67)n5)c5ccccc45)c23)CC1. The minimum Gasteiger partial charge on any atom is -0.460 e. The van der Waals surface area contributed by atoms with Crippen LogP contribution < -0.4 is 0 Å². The monoisotopic (exact) mass is 743 g/mol. The molecular weight excluding hydrogens is 711 g/mol. The van der Waals surface area contributed by atoms with Crippen LogP contribution in [-0.4, -0.2) is 15.0 Å². The van der Waals surface area contributed by atoms with Gasteiger partial charge in [-0.1, -0.05) is 146 Å². The lowest BCUT2D eigenvalue weighted by molar-refractivity contribution is 0.547. The number of allylic oxidation sites excluding steroid dienone is 1. The van der Waals surface area contributed by atoms with Crippen molar-refractivity contribution < 1.29 is 8.83 Å². The molecule has 272 valence electrons. The minimum atomic E-state index is 0.556. The standard InChI is InChI=1S/C53H33N3O2/c1-2-14-33(15-3-1)36-27-29-41(48-44-20-9-11-24-47(44)58-50(36)48)39-28-30-43(38-18-7-6-17-37(38)39)52-54-51(35-26-25-32-13-4-5-16-34(32)31-35)55-53(56-52)45-22-12-21-42-40-19-8-10-23-46(40)57-49(42)45/h1-10,12-23,25-31H,11,24H2. The third kappa shape index (κ3) is 5.14. The van der Waals surface area contributed by atoms with Gasteiger partial charge in [0.1, 0.15) is 22.5 Å². The maximum absolute atomic E-state index is 6.74. The third-order valence-corrected chi connectivity index (χ3v) is 11.6. The number of hydrogen-bond donors (Lipinski definition) is 0. The van der Waals surface area contributed by atoms with Crippen LogP contribution in [0.3, 0.4) is 0 Å². The van der Waals surface area contributed by atoms with Crippen molar-refractivity contribution in [3.8, 4) is 56.4 Å². The van der Waals surface area contributed by atoms with Gasteiger partial charge in [-0.3, -0.25) is 0 Å². The van der Waals surface area contributed by atoms with Crippen molar-refractivity contribution in [2.45, 2.75) is 12.8 Å². The third-order valence-electron chi connectivity index (χ3n) is 11.6. The molecule has 11 aromatic rings. The zero-order valence-corrected chi connectivity index (χ0v) is 31.3. The van der Waals surface area contributed by atoms with Gasteiger partial charge in [-0.15, -0.1) is 0 Å². The van der Waals surface area contributed by atoms with E-state index in [1.165, 1.54) is 5.56 Å². The first-order valence-electron chi connectivity index (χ1n) is 19.7. The quantitative estimate of drug-likeness (QED) is 0.176. The molecular formula is C53H33N3O2. The molecule has 0 atom stereocenters. The van der Waals surface area contributed by atoms with Crippen LogP contribution in [0.2, 0.25) is 0 Å². The number of hydrogen-bond acceptors (Lipinski definition) is 5. The second-order valence-corrected chi connectivity index (χ2v) is 15.0. The molecule has 0 spiro atoms. The van der Waals surface area contributed by atoms with Gasteiger partial charge in [0.05, 0.1) is 5.56 Å². The van der Waals surface area contributed by atoms with E-state index in [4.69, 9.17) is 23.8 Å². The summed E-state index contributed by atoms with van der Waals surface area (Å²) < 4.78 is 13.3. The second-order valence-electron chi connectivity index (χ2n) is 15.0. The van der Waals surface area contributed by atoms with Crippen molar-refractivity contribution in [1.29, 1.82) is 0 Å². The summed E-state index contributed by atoms with van der Waals surface area (Å²) in [6, 6.07) is 57.0. The Morgan fingerprint density at radius 2 is 1.09 bits per heavy atom. The van der Waals surface area contributed by atoms with Crippen molar-refractivity contribution >= 4 is 60.5 Å². The smallest absolute Gasteiger partial charge is 0.167 e. The van der Waals surface area contributed by atoms with Crippen LogP contribution in [0.1, 0.15) is 17.7 Å².